The van der Waals surface area contributed by atoms with Crippen molar-refractivity contribution in [1.29, 1.82) is 0 Å². The summed E-state index contributed by atoms with van der Waals surface area (Å²) < 4.78 is 0. The zero-order chi connectivity index (χ0) is 16.8. The Labute approximate surface area is 137 Å². The van der Waals surface area contributed by atoms with Crippen LogP contribution in [0.4, 0.5) is 11.5 Å². The molecule has 0 unspecified atom stereocenters. The van der Waals surface area contributed by atoms with E-state index in [9.17, 15) is 4.79 Å². The topological polar surface area (TPSA) is 66.9 Å². The lowest BCUT2D eigenvalue weighted by Gasteiger charge is -2.11. The lowest BCUT2D eigenvalue weighted by Crippen LogP contribution is -2.26. The summed E-state index contributed by atoms with van der Waals surface area (Å²) >= 11 is 0. The average Bonchev–Trinajstić information content (AvgIpc) is 2.51. The van der Waals surface area contributed by atoms with Crippen molar-refractivity contribution in [2.24, 2.45) is 5.92 Å². The summed E-state index contributed by atoms with van der Waals surface area (Å²) in [5.74, 6) is 1.00. The highest BCUT2D eigenvalue weighted by Crippen LogP contribution is 2.20. The number of aryl methyl sites for hydroxylation is 2. The largest absolute Gasteiger partial charge is 0.351 e. The highest BCUT2D eigenvalue weighted by molar-refractivity contribution is 5.92. The number of anilines is 2. The van der Waals surface area contributed by atoms with Crippen LogP contribution in [-0.4, -0.2) is 22.4 Å². The molecule has 5 nitrogen and oxygen atoms in total. The fourth-order valence-electron chi connectivity index (χ4n) is 2.12. The molecular formula is C18H24N4O. The van der Waals surface area contributed by atoms with Crippen molar-refractivity contribution in [3.05, 3.63) is 47.4 Å². The molecular weight excluding hydrogens is 288 g/mol. The van der Waals surface area contributed by atoms with Gasteiger partial charge in [-0.2, -0.15) is 0 Å². The molecule has 23 heavy (non-hydrogen) atoms. The van der Waals surface area contributed by atoms with Gasteiger partial charge in [-0.05, 0) is 43.4 Å². The van der Waals surface area contributed by atoms with Crippen LogP contribution in [0.3, 0.4) is 0 Å². The monoisotopic (exact) mass is 312 g/mol. The zero-order valence-electron chi connectivity index (χ0n) is 14.2. The van der Waals surface area contributed by atoms with Gasteiger partial charge in [-0.15, -0.1) is 0 Å². The minimum absolute atomic E-state index is 0.169. The second-order valence-electron chi connectivity index (χ2n) is 6.17. The van der Waals surface area contributed by atoms with Gasteiger partial charge in [0.25, 0.3) is 5.91 Å². The molecule has 0 saturated heterocycles. The Morgan fingerprint density at radius 3 is 2.70 bits per heavy atom. The first-order valence-corrected chi connectivity index (χ1v) is 7.90. The molecule has 0 bridgehead atoms. The molecule has 1 amide bonds. The van der Waals surface area contributed by atoms with Gasteiger partial charge in [0.05, 0.1) is 0 Å². The van der Waals surface area contributed by atoms with E-state index in [1.807, 2.05) is 13.8 Å². The number of carbonyl (C=O) groups is 1. The molecule has 2 aromatic rings. The molecule has 0 saturated carbocycles. The fourth-order valence-corrected chi connectivity index (χ4v) is 2.12. The third-order valence-electron chi connectivity index (χ3n) is 3.56. The van der Waals surface area contributed by atoms with Gasteiger partial charge < -0.3 is 10.6 Å². The Kier molecular flexibility index (Phi) is 5.68. The van der Waals surface area contributed by atoms with Crippen LogP contribution >= 0.6 is 0 Å². The quantitative estimate of drug-likeness (QED) is 0.855. The van der Waals surface area contributed by atoms with Gasteiger partial charge in [0.15, 0.2) is 0 Å². The van der Waals surface area contributed by atoms with Gasteiger partial charge in [-0.3, -0.25) is 4.79 Å². The third kappa shape index (κ3) is 5.06. The van der Waals surface area contributed by atoms with Crippen molar-refractivity contribution in [2.75, 3.05) is 11.9 Å². The molecule has 5 heteroatoms. The van der Waals surface area contributed by atoms with E-state index in [1.165, 1.54) is 11.9 Å². The lowest BCUT2D eigenvalue weighted by atomic mass is 10.1. The number of aromatic nitrogens is 2. The Morgan fingerprint density at radius 2 is 1.96 bits per heavy atom. The first-order chi connectivity index (χ1) is 11.0. The molecule has 0 atom stereocenters. The highest BCUT2D eigenvalue weighted by atomic mass is 16.1. The van der Waals surface area contributed by atoms with Crippen molar-refractivity contribution in [3.63, 3.8) is 0 Å². The second-order valence-corrected chi connectivity index (χ2v) is 6.17. The first kappa shape index (κ1) is 16.9. The van der Waals surface area contributed by atoms with Gasteiger partial charge in [0.2, 0.25) is 0 Å². The number of hydrogen-bond acceptors (Lipinski definition) is 4. The Balaban J connectivity index is 2.07. The van der Waals surface area contributed by atoms with Crippen molar-refractivity contribution in [3.8, 4) is 0 Å². The standard InChI is InChI=1S/C18H24N4O/c1-12(2)7-8-19-18(23)16-10-17(21-11-20-16)22-15-9-13(3)5-6-14(15)4/h5-6,9-12H,7-8H2,1-4H3,(H,19,23)(H,20,21,22). The smallest absolute Gasteiger partial charge is 0.270 e. The minimum Gasteiger partial charge on any atom is -0.351 e. The number of carbonyl (C=O) groups excluding carboxylic acids is 1. The van der Waals surface area contributed by atoms with Crippen LogP contribution in [0.25, 0.3) is 0 Å². The maximum Gasteiger partial charge on any atom is 0.270 e. The summed E-state index contributed by atoms with van der Waals surface area (Å²) in [6, 6.07) is 7.85. The highest BCUT2D eigenvalue weighted by Gasteiger charge is 2.09. The van der Waals surface area contributed by atoms with Crippen LogP contribution in [0, 0.1) is 19.8 Å². The maximum absolute atomic E-state index is 12.1. The van der Waals surface area contributed by atoms with Gasteiger partial charge in [0, 0.05) is 18.3 Å². The number of hydrogen-bond donors (Lipinski definition) is 2. The van der Waals surface area contributed by atoms with E-state index in [0.29, 0.717) is 24.0 Å². The zero-order valence-corrected chi connectivity index (χ0v) is 14.2. The van der Waals surface area contributed by atoms with Gasteiger partial charge in [0.1, 0.15) is 17.8 Å². The summed E-state index contributed by atoms with van der Waals surface area (Å²) in [5.41, 5.74) is 3.64. The predicted octanol–water partition coefficient (Wildman–Crippen LogP) is 3.61. The molecule has 0 radical (unpaired) electrons. The Morgan fingerprint density at radius 1 is 1.17 bits per heavy atom. The minimum atomic E-state index is -0.169. The molecule has 2 rings (SSSR count). The summed E-state index contributed by atoms with van der Waals surface area (Å²) in [5, 5.41) is 6.14. The van der Waals surface area contributed by atoms with E-state index in [4.69, 9.17) is 0 Å². The van der Waals surface area contributed by atoms with Gasteiger partial charge >= 0.3 is 0 Å². The van der Waals surface area contributed by atoms with Crippen molar-refractivity contribution in [2.45, 2.75) is 34.1 Å². The lowest BCUT2D eigenvalue weighted by molar-refractivity contribution is 0.0947. The number of benzene rings is 1. The van der Waals surface area contributed by atoms with Crippen molar-refractivity contribution >= 4 is 17.4 Å². The number of nitrogens with one attached hydrogen (secondary N) is 2. The van der Waals surface area contributed by atoms with Crippen LogP contribution in [0.15, 0.2) is 30.6 Å². The number of nitrogens with zero attached hydrogens (tertiary/aromatic N) is 2. The summed E-state index contributed by atoms with van der Waals surface area (Å²) in [4.78, 5) is 20.4. The van der Waals surface area contributed by atoms with E-state index >= 15 is 0 Å². The van der Waals surface area contributed by atoms with Gasteiger partial charge in [-0.25, -0.2) is 9.97 Å². The van der Waals surface area contributed by atoms with E-state index in [1.54, 1.807) is 6.07 Å². The molecule has 1 heterocycles. The predicted molar refractivity (Wildman–Crippen MR) is 93.0 cm³/mol. The van der Waals surface area contributed by atoms with Crippen molar-refractivity contribution in [1.82, 2.24) is 15.3 Å². The Bertz CT molecular complexity index is 682. The molecule has 0 aliphatic rings. The van der Waals surface area contributed by atoms with E-state index in [2.05, 4.69) is 52.6 Å². The first-order valence-electron chi connectivity index (χ1n) is 7.90. The fraction of sp³-hybridized carbons (Fsp3) is 0.389. The molecule has 0 aliphatic heterocycles. The second kappa shape index (κ2) is 7.72. The van der Waals surface area contributed by atoms with E-state index in [-0.39, 0.29) is 5.91 Å². The van der Waals surface area contributed by atoms with E-state index < -0.39 is 0 Å². The molecule has 0 fully saturated rings. The SMILES string of the molecule is Cc1ccc(C)c(Nc2cc(C(=O)NCCC(C)C)ncn2)c1. The molecule has 1 aromatic carbocycles. The number of rotatable bonds is 6. The summed E-state index contributed by atoms with van der Waals surface area (Å²) in [6.45, 7) is 8.98. The normalized spacial score (nSPS) is 10.7. The molecule has 122 valence electrons. The average molecular weight is 312 g/mol. The van der Waals surface area contributed by atoms with Crippen LogP contribution in [0.2, 0.25) is 0 Å². The van der Waals surface area contributed by atoms with Crippen LogP contribution in [-0.2, 0) is 0 Å². The summed E-state index contributed by atoms with van der Waals surface area (Å²) in [7, 11) is 0. The van der Waals surface area contributed by atoms with Gasteiger partial charge in [-0.1, -0.05) is 26.0 Å². The third-order valence-corrected chi connectivity index (χ3v) is 3.56. The maximum atomic E-state index is 12.1. The summed E-state index contributed by atoms with van der Waals surface area (Å²) in [6.07, 6.45) is 2.36. The van der Waals surface area contributed by atoms with Crippen LogP contribution in [0.1, 0.15) is 41.9 Å². The van der Waals surface area contributed by atoms with Crippen LogP contribution < -0.4 is 10.6 Å². The molecule has 2 N–H and O–H groups in total. The molecule has 0 aliphatic carbocycles. The molecule has 0 spiro atoms. The molecule has 1 aromatic heterocycles. The van der Waals surface area contributed by atoms with Crippen molar-refractivity contribution < 1.29 is 4.79 Å². The van der Waals surface area contributed by atoms with Crippen LogP contribution in [0.5, 0.6) is 0 Å². The van der Waals surface area contributed by atoms with E-state index in [0.717, 1.165) is 17.7 Å². The number of amides is 1. The Hall–Kier alpha value is -2.43.